The third-order valence-corrected chi connectivity index (χ3v) is 8.98. The van der Waals surface area contributed by atoms with Crippen molar-refractivity contribution in [1.29, 1.82) is 0 Å². The maximum atomic E-state index is 14.1. The summed E-state index contributed by atoms with van der Waals surface area (Å²) in [5, 5.41) is 0. The first-order chi connectivity index (χ1) is 16.0. The monoisotopic (exact) mass is 468 g/mol. The van der Waals surface area contributed by atoms with E-state index in [2.05, 4.69) is 4.74 Å². The number of alkyl halides is 2. The number of benzene rings is 1. The largest absolute Gasteiger partial charge is 0.429 e. The molecule has 1 aromatic rings. The normalized spacial score (nSPS) is 29.0. The lowest BCUT2D eigenvalue weighted by molar-refractivity contribution is -0.0546. The van der Waals surface area contributed by atoms with Gasteiger partial charge in [-0.05, 0) is 85.8 Å². The Morgan fingerprint density at radius 3 is 1.70 bits per heavy atom. The first-order valence-electron chi connectivity index (χ1n) is 13.4. The Balaban J connectivity index is 1.17. The molecule has 0 N–H and O–H groups in total. The van der Waals surface area contributed by atoms with Gasteiger partial charge in [-0.1, -0.05) is 64.2 Å². The zero-order valence-corrected chi connectivity index (χ0v) is 19.9. The lowest BCUT2D eigenvalue weighted by Crippen LogP contribution is -2.25. The van der Waals surface area contributed by atoms with Crippen LogP contribution in [0.2, 0.25) is 0 Å². The van der Waals surface area contributed by atoms with Crippen molar-refractivity contribution in [3.8, 4) is 5.75 Å². The molecule has 0 heterocycles. The van der Waals surface area contributed by atoms with Crippen LogP contribution in [0.1, 0.15) is 114 Å². The van der Waals surface area contributed by atoms with Crippen LogP contribution in [0.25, 0.3) is 0 Å². The number of ether oxygens (including phenoxy) is 1. The Labute approximate surface area is 196 Å². The molecular formula is C28H40F4O. The summed E-state index contributed by atoms with van der Waals surface area (Å²) in [6.45, 7) is -3.23. The van der Waals surface area contributed by atoms with Gasteiger partial charge in [0.15, 0.2) is 17.4 Å². The van der Waals surface area contributed by atoms with Gasteiger partial charge in [-0.3, -0.25) is 0 Å². The molecule has 0 atom stereocenters. The summed E-state index contributed by atoms with van der Waals surface area (Å²) >= 11 is 0. The van der Waals surface area contributed by atoms with Crippen molar-refractivity contribution >= 4 is 0 Å². The molecule has 4 rings (SSSR count). The minimum atomic E-state index is -3.23. The predicted octanol–water partition coefficient (Wildman–Crippen LogP) is 9.40. The van der Waals surface area contributed by atoms with E-state index < -0.39 is 24.0 Å². The summed E-state index contributed by atoms with van der Waals surface area (Å²) in [6, 6.07) is 2.37. The Kier molecular flexibility index (Phi) is 8.98. The molecule has 0 unspecified atom stereocenters. The Morgan fingerprint density at radius 1 is 0.697 bits per heavy atom. The first-order valence-corrected chi connectivity index (χ1v) is 13.4. The Bertz CT molecular complexity index is 706. The van der Waals surface area contributed by atoms with Gasteiger partial charge in [0.25, 0.3) is 0 Å². The maximum absolute atomic E-state index is 14.1. The van der Waals surface area contributed by atoms with Crippen LogP contribution < -0.4 is 4.74 Å². The van der Waals surface area contributed by atoms with Gasteiger partial charge in [0, 0.05) is 0 Å². The lowest BCUT2D eigenvalue weighted by atomic mass is 9.68. The van der Waals surface area contributed by atoms with Crippen molar-refractivity contribution in [1.82, 2.24) is 0 Å². The van der Waals surface area contributed by atoms with Gasteiger partial charge >= 0.3 is 6.61 Å². The van der Waals surface area contributed by atoms with Crippen LogP contribution in [-0.2, 0) is 0 Å². The molecule has 3 saturated carbocycles. The van der Waals surface area contributed by atoms with E-state index in [1.807, 2.05) is 0 Å². The summed E-state index contributed by atoms with van der Waals surface area (Å²) in [4.78, 5) is 0. The van der Waals surface area contributed by atoms with Crippen molar-refractivity contribution in [2.45, 2.75) is 115 Å². The summed E-state index contributed by atoms with van der Waals surface area (Å²) in [5.74, 6) is 0.522. The standard InChI is InChI=1S/C28H40F4O/c29-25-17-24(18-26(30)27(25)33-28(31)32)23-15-13-22(14-16-23)21-11-9-20(10-12-21)8-4-3-7-19-5-1-2-6-19/h17-23,28H,1-16H2/t20-,21-,22-,23-. The van der Waals surface area contributed by atoms with E-state index in [4.69, 9.17) is 0 Å². The summed E-state index contributed by atoms with van der Waals surface area (Å²) < 4.78 is 57.0. The topological polar surface area (TPSA) is 9.23 Å². The molecule has 0 amide bonds. The zero-order valence-electron chi connectivity index (χ0n) is 19.9. The molecule has 1 aromatic carbocycles. The van der Waals surface area contributed by atoms with E-state index in [0.717, 1.165) is 49.4 Å². The molecule has 0 aromatic heterocycles. The Morgan fingerprint density at radius 2 is 1.18 bits per heavy atom. The second-order valence-electron chi connectivity index (χ2n) is 11.0. The van der Waals surface area contributed by atoms with Crippen LogP contribution in [0.4, 0.5) is 17.6 Å². The number of unbranched alkanes of at least 4 members (excludes halogenated alkanes) is 1. The third kappa shape index (κ3) is 6.88. The molecule has 186 valence electrons. The van der Waals surface area contributed by atoms with Gasteiger partial charge in [-0.2, -0.15) is 8.78 Å². The average Bonchev–Trinajstić information content (AvgIpc) is 3.33. The number of hydrogen-bond donors (Lipinski definition) is 0. The molecule has 0 saturated heterocycles. The highest BCUT2D eigenvalue weighted by Crippen LogP contribution is 2.45. The van der Waals surface area contributed by atoms with Gasteiger partial charge in [-0.15, -0.1) is 0 Å². The maximum Gasteiger partial charge on any atom is 0.387 e. The smallest absolute Gasteiger partial charge is 0.387 e. The molecule has 1 nitrogen and oxygen atoms in total. The number of rotatable bonds is 9. The summed E-state index contributed by atoms with van der Waals surface area (Å²) in [7, 11) is 0. The fourth-order valence-electron chi connectivity index (χ4n) is 7.05. The summed E-state index contributed by atoms with van der Waals surface area (Å²) in [5.41, 5.74) is 0.575. The minimum absolute atomic E-state index is 0.0991. The fourth-order valence-corrected chi connectivity index (χ4v) is 7.05. The molecule has 3 fully saturated rings. The van der Waals surface area contributed by atoms with Crippen LogP contribution in [-0.4, -0.2) is 6.61 Å². The van der Waals surface area contributed by atoms with Gasteiger partial charge in [0.05, 0.1) is 0 Å². The van der Waals surface area contributed by atoms with Crippen LogP contribution >= 0.6 is 0 Å². The summed E-state index contributed by atoms with van der Waals surface area (Å²) in [6.07, 6.45) is 21.0. The van der Waals surface area contributed by atoms with Gasteiger partial charge in [-0.25, -0.2) is 8.78 Å². The van der Waals surface area contributed by atoms with Crippen molar-refractivity contribution in [2.75, 3.05) is 0 Å². The van der Waals surface area contributed by atoms with E-state index in [1.54, 1.807) is 0 Å². The molecular weight excluding hydrogens is 428 g/mol. The quantitative estimate of drug-likeness (QED) is 0.259. The van der Waals surface area contributed by atoms with Crippen LogP contribution in [0.3, 0.4) is 0 Å². The molecule has 3 aliphatic carbocycles. The minimum Gasteiger partial charge on any atom is -0.429 e. The van der Waals surface area contributed by atoms with E-state index in [-0.39, 0.29) is 5.92 Å². The van der Waals surface area contributed by atoms with Crippen molar-refractivity contribution < 1.29 is 22.3 Å². The van der Waals surface area contributed by atoms with E-state index in [1.165, 1.54) is 89.2 Å². The highest BCUT2D eigenvalue weighted by molar-refractivity contribution is 5.33. The average molecular weight is 469 g/mol. The van der Waals surface area contributed by atoms with Gasteiger partial charge in [0.2, 0.25) is 0 Å². The molecule has 0 spiro atoms. The number of hydrogen-bond acceptors (Lipinski definition) is 1. The van der Waals surface area contributed by atoms with Gasteiger partial charge in [0.1, 0.15) is 0 Å². The van der Waals surface area contributed by atoms with Crippen LogP contribution in [0.15, 0.2) is 12.1 Å². The van der Waals surface area contributed by atoms with E-state index >= 15 is 0 Å². The van der Waals surface area contributed by atoms with Gasteiger partial charge < -0.3 is 4.74 Å². The third-order valence-electron chi connectivity index (χ3n) is 8.98. The van der Waals surface area contributed by atoms with E-state index in [9.17, 15) is 17.6 Å². The Hall–Kier alpha value is -1.26. The molecule has 5 heteroatoms. The second-order valence-corrected chi connectivity index (χ2v) is 11.0. The fraction of sp³-hybridized carbons (Fsp3) is 0.786. The molecule has 0 radical (unpaired) electrons. The molecule has 3 aliphatic rings. The predicted molar refractivity (Wildman–Crippen MR) is 124 cm³/mol. The van der Waals surface area contributed by atoms with Crippen molar-refractivity contribution in [3.63, 3.8) is 0 Å². The van der Waals surface area contributed by atoms with Crippen molar-refractivity contribution in [3.05, 3.63) is 29.3 Å². The lowest BCUT2D eigenvalue weighted by Gasteiger charge is -2.38. The highest BCUT2D eigenvalue weighted by Gasteiger charge is 2.32. The second kappa shape index (κ2) is 11.9. The van der Waals surface area contributed by atoms with Crippen LogP contribution in [0.5, 0.6) is 5.75 Å². The zero-order chi connectivity index (χ0) is 23.2. The highest BCUT2D eigenvalue weighted by atomic mass is 19.3. The molecule has 0 bridgehead atoms. The SMILES string of the molecule is Fc1cc([C@H]2CC[C@H]([C@H]3CC[C@H](CCCCC4CCCC4)CC3)CC2)cc(F)c1OC(F)F. The van der Waals surface area contributed by atoms with E-state index in [0.29, 0.717) is 5.56 Å². The number of halogens is 4. The molecule has 0 aliphatic heterocycles. The molecule has 33 heavy (non-hydrogen) atoms. The van der Waals surface area contributed by atoms with Crippen molar-refractivity contribution in [2.24, 2.45) is 23.7 Å². The van der Waals surface area contributed by atoms with Crippen LogP contribution in [0, 0.1) is 35.3 Å². The first kappa shape index (κ1) is 24.9.